The fourth-order valence-corrected chi connectivity index (χ4v) is 3.02. The Morgan fingerprint density at radius 3 is 2.83 bits per heavy atom. The fourth-order valence-electron chi connectivity index (χ4n) is 2.91. The van der Waals surface area contributed by atoms with Gasteiger partial charge in [-0.15, -0.1) is 0 Å². The highest BCUT2D eigenvalue weighted by molar-refractivity contribution is 6.30. The minimum Gasteiger partial charge on any atom is -0.341 e. The summed E-state index contributed by atoms with van der Waals surface area (Å²) in [5.41, 5.74) is 0. The van der Waals surface area contributed by atoms with Crippen LogP contribution in [0.5, 0.6) is 0 Å². The van der Waals surface area contributed by atoms with Crippen molar-refractivity contribution < 1.29 is 9.59 Å². The topological polar surface area (TPSA) is 74.3 Å². The Balaban J connectivity index is 1.47. The molecule has 0 bridgehead atoms. The van der Waals surface area contributed by atoms with E-state index in [1.54, 1.807) is 17.0 Å². The molecule has 0 spiro atoms. The van der Waals surface area contributed by atoms with Crippen LogP contribution in [0.3, 0.4) is 0 Å². The number of aromatic nitrogens is 1. The van der Waals surface area contributed by atoms with Crippen LogP contribution in [0.2, 0.25) is 5.02 Å². The van der Waals surface area contributed by atoms with Crippen LogP contribution >= 0.6 is 11.6 Å². The van der Waals surface area contributed by atoms with E-state index in [-0.39, 0.29) is 17.7 Å². The maximum absolute atomic E-state index is 12.4. The summed E-state index contributed by atoms with van der Waals surface area (Å²) in [5, 5.41) is 6.55. The fraction of sp³-hybridized carbons (Fsp3) is 0.588. The standard InChI is InChI=1S/C17H23ClN4O2/c18-14-5-6-15(20-9-14)21-17(24)13-2-1-7-22(11-13)16(23)10-19-8-12-3-4-12/h5-6,9,12-13,19H,1-4,7-8,10-11H2,(H,20,21,24). The molecule has 1 aromatic heterocycles. The SMILES string of the molecule is O=C(Nc1ccc(Cl)cn1)C1CCCN(C(=O)CNCC2CC2)C1. The zero-order valence-corrected chi connectivity index (χ0v) is 14.4. The summed E-state index contributed by atoms with van der Waals surface area (Å²) >= 11 is 5.79. The first kappa shape index (κ1) is 17.2. The van der Waals surface area contributed by atoms with E-state index in [1.807, 2.05) is 0 Å². The lowest BCUT2D eigenvalue weighted by Gasteiger charge is -2.32. The van der Waals surface area contributed by atoms with Gasteiger partial charge in [-0.25, -0.2) is 4.98 Å². The third kappa shape index (κ3) is 4.92. The molecule has 2 N–H and O–H groups in total. The molecular weight excluding hydrogens is 328 g/mol. The minimum absolute atomic E-state index is 0.0813. The minimum atomic E-state index is -0.191. The monoisotopic (exact) mass is 350 g/mol. The van der Waals surface area contributed by atoms with Crippen LogP contribution in [0.25, 0.3) is 0 Å². The smallest absolute Gasteiger partial charge is 0.236 e. The van der Waals surface area contributed by atoms with E-state index in [4.69, 9.17) is 11.6 Å². The van der Waals surface area contributed by atoms with Crippen molar-refractivity contribution in [3.8, 4) is 0 Å². The van der Waals surface area contributed by atoms with Crippen molar-refractivity contribution >= 4 is 29.2 Å². The summed E-state index contributed by atoms with van der Waals surface area (Å²) in [5.74, 6) is 1.04. The zero-order chi connectivity index (χ0) is 16.9. The number of rotatable bonds is 6. The summed E-state index contributed by atoms with van der Waals surface area (Å²) < 4.78 is 0. The molecule has 2 aliphatic rings. The number of pyridine rings is 1. The highest BCUT2D eigenvalue weighted by Crippen LogP contribution is 2.27. The van der Waals surface area contributed by atoms with E-state index in [1.165, 1.54) is 19.0 Å². The quantitative estimate of drug-likeness (QED) is 0.822. The number of carbonyl (C=O) groups excluding carboxylic acids is 2. The van der Waals surface area contributed by atoms with Crippen LogP contribution in [0, 0.1) is 11.8 Å². The van der Waals surface area contributed by atoms with E-state index in [0.717, 1.165) is 31.8 Å². The van der Waals surface area contributed by atoms with Crippen LogP contribution in [-0.4, -0.2) is 47.9 Å². The van der Waals surface area contributed by atoms with Crippen LogP contribution in [-0.2, 0) is 9.59 Å². The molecule has 1 unspecified atom stereocenters. The second kappa shape index (κ2) is 7.94. The summed E-state index contributed by atoms with van der Waals surface area (Å²) in [7, 11) is 0. The molecule has 0 aromatic carbocycles. The Morgan fingerprint density at radius 1 is 1.29 bits per heavy atom. The van der Waals surface area contributed by atoms with Crippen molar-refractivity contribution in [2.75, 3.05) is 31.5 Å². The number of piperidine rings is 1. The number of nitrogens with one attached hydrogen (secondary N) is 2. The van der Waals surface area contributed by atoms with E-state index in [9.17, 15) is 9.59 Å². The van der Waals surface area contributed by atoms with Crippen molar-refractivity contribution in [3.63, 3.8) is 0 Å². The van der Waals surface area contributed by atoms with Gasteiger partial charge in [0.15, 0.2) is 0 Å². The molecule has 1 aromatic rings. The van der Waals surface area contributed by atoms with E-state index >= 15 is 0 Å². The second-order valence-corrected chi connectivity index (χ2v) is 7.04. The molecule has 7 heteroatoms. The van der Waals surface area contributed by atoms with Crippen molar-refractivity contribution in [2.45, 2.75) is 25.7 Å². The van der Waals surface area contributed by atoms with Gasteiger partial charge >= 0.3 is 0 Å². The normalized spacial score (nSPS) is 20.7. The van der Waals surface area contributed by atoms with Crippen LogP contribution < -0.4 is 10.6 Å². The predicted octanol–water partition coefficient (Wildman–Crippen LogP) is 1.91. The van der Waals surface area contributed by atoms with Gasteiger partial charge in [-0.1, -0.05) is 11.6 Å². The zero-order valence-electron chi connectivity index (χ0n) is 13.6. The Bertz CT molecular complexity index is 589. The summed E-state index contributed by atoms with van der Waals surface area (Å²) in [4.78, 5) is 30.5. The van der Waals surface area contributed by atoms with Gasteiger partial charge in [0.05, 0.1) is 17.5 Å². The summed E-state index contributed by atoms with van der Waals surface area (Å²) in [6, 6.07) is 3.36. The second-order valence-electron chi connectivity index (χ2n) is 6.60. The van der Waals surface area contributed by atoms with Crippen LogP contribution in [0.4, 0.5) is 5.82 Å². The molecule has 1 saturated carbocycles. The van der Waals surface area contributed by atoms with Gasteiger partial charge in [-0.3, -0.25) is 9.59 Å². The van der Waals surface area contributed by atoms with Crippen molar-refractivity contribution in [3.05, 3.63) is 23.4 Å². The number of hydrogen-bond donors (Lipinski definition) is 2. The first-order chi connectivity index (χ1) is 11.6. The molecule has 24 heavy (non-hydrogen) atoms. The molecule has 3 rings (SSSR count). The first-order valence-electron chi connectivity index (χ1n) is 8.53. The summed E-state index contributed by atoms with van der Waals surface area (Å²) in [6.45, 7) is 2.49. The lowest BCUT2D eigenvalue weighted by atomic mass is 9.97. The Hall–Kier alpha value is -1.66. The molecule has 130 valence electrons. The molecule has 6 nitrogen and oxygen atoms in total. The summed E-state index contributed by atoms with van der Waals surface area (Å²) in [6.07, 6.45) is 5.68. The predicted molar refractivity (Wildman–Crippen MR) is 92.8 cm³/mol. The number of likely N-dealkylation sites (tertiary alicyclic amines) is 1. The number of hydrogen-bond acceptors (Lipinski definition) is 4. The third-order valence-electron chi connectivity index (χ3n) is 4.53. The Morgan fingerprint density at radius 2 is 2.12 bits per heavy atom. The van der Waals surface area contributed by atoms with Gasteiger partial charge in [-0.2, -0.15) is 0 Å². The molecule has 2 heterocycles. The maximum atomic E-state index is 12.4. The molecule has 0 radical (unpaired) electrons. The number of halogens is 1. The molecular formula is C17H23ClN4O2. The third-order valence-corrected chi connectivity index (χ3v) is 4.75. The number of anilines is 1. The van der Waals surface area contributed by atoms with Gasteiger partial charge in [0, 0.05) is 19.3 Å². The van der Waals surface area contributed by atoms with Gasteiger partial charge in [0.2, 0.25) is 11.8 Å². The molecule has 1 aliphatic heterocycles. The Labute approximate surface area is 147 Å². The molecule has 1 saturated heterocycles. The van der Waals surface area contributed by atoms with Gasteiger partial charge < -0.3 is 15.5 Å². The average Bonchev–Trinajstić information content (AvgIpc) is 3.41. The molecule has 2 amide bonds. The highest BCUT2D eigenvalue weighted by Gasteiger charge is 2.29. The van der Waals surface area contributed by atoms with Crippen LogP contribution in [0.15, 0.2) is 18.3 Å². The molecule has 2 fully saturated rings. The number of carbonyl (C=O) groups is 2. The van der Waals surface area contributed by atoms with Gasteiger partial charge in [0.25, 0.3) is 0 Å². The number of nitrogens with zero attached hydrogens (tertiary/aromatic N) is 2. The molecule has 1 atom stereocenters. The van der Waals surface area contributed by atoms with Gasteiger partial charge in [-0.05, 0) is 50.3 Å². The van der Waals surface area contributed by atoms with Crippen LogP contribution in [0.1, 0.15) is 25.7 Å². The van der Waals surface area contributed by atoms with Crippen molar-refractivity contribution in [1.29, 1.82) is 0 Å². The lowest BCUT2D eigenvalue weighted by molar-refractivity contribution is -0.133. The van der Waals surface area contributed by atoms with E-state index in [2.05, 4.69) is 15.6 Å². The first-order valence-corrected chi connectivity index (χ1v) is 8.90. The average molecular weight is 351 g/mol. The van der Waals surface area contributed by atoms with Crippen molar-refractivity contribution in [2.24, 2.45) is 11.8 Å². The van der Waals surface area contributed by atoms with Gasteiger partial charge in [0.1, 0.15) is 5.82 Å². The largest absolute Gasteiger partial charge is 0.341 e. The van der Waals surface area contributed by atoms with E-state index < -0.39 is 0 Å². The maximum Gasteiger partial charge on any atom is 0.236 e. The van der Waals surface area contributed by atoms with Crippen molar-refractivity contribution in [1.82, 2.24) is 15.2 Å². The Kier molecular flexibility index (Phi) is 5.68. The highest BCUT2D eigenvalue weighted by atomic mass is 35.5. The lowest BCUT2D eigenvalue weighted by Crippen LogP contribution is -2.46. The van der Waals surface area contributed by atoms with E-state index in [0.29, 0.717) is 23.9 Å². The number of amides is 2. The molecule has 1 aliphatic carbocycles.